The highest BCUT2D eigenvalue weighted by molar-refractivity contribution is 5.92. The first-order valence-electron chi connectivity index (χ1n) is 8.11. The maximum absolute atomic E-state index is 12.5. The zero-order chi connectivity index (χ0) is 15.8. The SMILES string of the molecule is CN(C[C@@H]1Cc2ccccc2CO1)C(=O)c1cc(C2CC2)on1. The Morgan fingerprint density at radius 2 is 2.09 bits per heavy atom. The van der Waals surface area contributed by atoms with Crippen molar-refractivity contribution in [2.24, 2.45) is 0 Å². The Morgan fingerprint density at radius 1 is 1.30 bits per heavy atom. The van der Waals surface area contributed by atoms with Gasteiger partial charge < -0.3 is 14.2 Å². The topological polar surface area (TPSA) is 55.6 Å². The van der Waals surface area contributed by atoms with Crippen LogP contribution in [0.4, 0.5) is 0 Å². The number of aromatic nitrogens is 1. The maximum Gasteiger partial charge on any atom is 0.275 e. The lowest BCUT2D eigenvalue weighted by molar-refractivity contribution is 0.00964. The van der Waals surface area contributed by atoms with Crippen molar-refractivity contribution < 1.29 is 14.1 Å². The molecule has 4 rings (SSSR count). The van der Waals surface area contributed by atoms with E-state index in [9.17, 15) is 4.79 Å². The average Bonchev–Trinajstić information content (AvgIpc) is 3.31. The van der Waals surface area contributed by atoms with Gasteiger partial charge in [0.25, 0.3) is 5.91 Å². The number of nitrogens with zero attached hydrogens (tertiary/aromatic N) is 2. The normalized spacial score (nSPS) is 20.1. The highest BCUT2D eigenvalue weighted by Gasteiger charge is 2.30. The van der Waals surface area contributed by atoms with Crippen LogP contribution in [0.3, 0.4) is 0 Å². The first-order valence-corrected chi connectivity index (χ1v) is 8.11. The number of benzene rings is 1. The van der Waals surface area contributed by atoms with Gasteiger partial charge in [0.2, 0.25) is 0 Å². The molecule has 0 radical (unpaired) electrons. The van der Waals surface area contributed by atoms with Gasteiger partial charge in [-0.3, -0.25) is 4.79 Å². The molecule has 1 amide bonds. The van der Waals surface area contributed by atoms with Crippen LogP contribution in [0, 0.1) is 0 Å². The van der Waals surface area contributed by atoms with Gasteiger partial charge in [0.1, 0.15) is 5.76 Å². The molecule has 0 bridgehead atoms. The Morgan fingerprint density at radius 3 is 2.87 bits per heavy atom. The maximum atomic E-state index is 12.5. The number of fused-ring (bicyclic) bond motifs is 1. The Labute approximate surface area is 135 Å². The van der Waals surface area contributed by atoms with Crippen molar-refractivity contribution in [3.8, 4) is 0 Å². The average molecular weight is 312 g/mol. The van der Waals surface area contributed by atoms with E-state index in [2.05, 4.69) is 17.3 Å². The monoisotopic (exact) mass is 312 g/mol. The molecule has 2 heterocycles. The van der Waals surface area contributed by atoms with Crippen molar-refractivity contribution in [2.45, 2.75) is 37.9 Å². The first-order chi connectivity index (χ1) is 11.2. The molecule has 0 saturated heterocycles. The van der Waals surface area contributed by atoms with Gasteiger partial charge in [-0.1, -0.05) is 29.4 Å². The first kappa shape index (κ1) is 14.5. The molecule has 2 aliphatic rings. The van der Waals surface area contributed by atoms with Crippen LogP contribution in [0.25, 0.3) is 0 Å². The number of amides is 1. The number of hydrogen-bond acceptors (Lipinski definition) is 4. The van der Waals surface area contributed by atoms with Crippen LogP contribution in [0.15, 0.2) is 34.9 Å². The van der Waals surface area contributed by atoms with Gasteiger partial charge in [-0.25, -0.2) is 0 Å². The summed E-state index contributed by atoms with van der Waals surface area (Å²) in [7, 11) is 1.79. The zero-order valence-corrected chi connectivity index (χ0v) is 13.2. The van der Waals surface area contributed by atoms with E-state index in [4.69, 9.17) is 9.26 Å². The van der Waals surface area contributed by atoms with Crippen LogP contribution in [0.2, 0.25) is 0 Å². The van der Waals surface area contributed by atoms with E-state index >= 15 is 0 Å². The summed E-state index contributed by atoms with van der Waals surface area (Å²) in [6.45, 7) is 1.16. The Hall–Kier alpha value is -2.14. The quantitative estimate of drug-likeness (QED) is 0.871. The third kappa shape index (κ3) is 3.01. The van der Waals surface area contributed by atoms with Crippen molar-refractivity contribution >= 4 is 5.91 Å². The Bertz CT molecular complexity index is 721. The molecule has 1 saturated carbocycles. The fourth-order valence-corrected chi connectivity index (χ4v) is 3.06. The van der Waals surface area contributed by atoms with Crippen molar-refractivity contribution in [1.29, 1.82) is 0 Å². The largest absolute Gasteiger partial charge is 0.371 e. The van der Waals surface area contributed by atoms with Gasteiger partial charge in [0.15, 0.2) is 5.69 Å². The second kappa shape index (κ2) is 5.81. The summed E-state index contributed by atoms with van der Waals surface area (Å²) in [4.78, 5) is 14.1. The molecule has 1 aliphatic heterocycles. The molecule has 0 spiro atoms. The van der Waals surface area contributed by atoms with E-state index in [0.717, 1.165) is 25.0 Å². The number of rotatable bonds is 4. The van der Waals surface area contributed by atoms with Crippen molar-refractivity contribution in [2.75, 3.05) is 13.6 Å². The second-order valence-electron chi connectivity index (χ2n) is 6.48. The number of ether oxygens (including phenoxy) is 1. The minimum absolute atomic E-state index is 0.0219. The van der Waals surface area contributed by atoms with Gasteiger partial charge >= 0.3 is 0 Å². The van der Waals surface area contributed by atoms with Crippen LogP contribution >= 0.6 is 0 Å². The van der Waals surface area contributed by atoms with Gasteiger partial charge in [0, 0.05) is 32.0 Å². The zero-order valence-electron chi connectivity index (χ0n) is 13.2. The molecule has 120 valence electrons. The molecule has 1 aromatic heterocycles. The summed E-state index contributed by atoms with van der Waals surface area (Å²) in [6, 6.07) is 10.1. The standard InChI is InChI=1S/C18H20N2O3/c1-20(18(21)16-9-17(23-19-16)12-6-7-12)10-15-8-13-4-2-3-5-14(13)11-22-15/h2-5,9,12,15H,6-8,10-11H2,1H3/t15-/m0/s1. The summed E-state index contributed by atoms with van der Waals surface area (Å²) in [5.41, 5.74) is 2.94. The van der Waals surface area contributed by atoms with Crippen LogP contribution in [-0.2, 0) is 17.8 Å². The smallest absolute Gasteiger partial charge is 0.275 e. The molecule has 5 heteroatoms. The molecular weight excluding hydrogens is 292 g/mol. The van der Waals surface area contributed by atoms with E-state index < -0.39 is 0 Å². The van der Waals surface area contributed by atoms with Crippen molar-refractivity contribution in [3.63, 3.8) is 0 Å². The molecular formula is C18H20N2O3. The number of hydrogen-bond donors (Lipinski definition) is 0. The van der Waals surface area contributed by atoms with Crippen molar-refractivity contribution in [3.05, 3.63) is 52.9 Å². The molecule has 1 aliphatic carbocycles. The molecule has 0 unspecified atom stereocenters. The Balaban J connectivity index is 1.39. The molecule has 2 aromatic rings. The van der Waals surface area contributed by atoms with Crippen LogP contribution in [0.5, 0.6) is 0 Å². The summed E-state index contributed by atoms with van der Waals surface area (Å²) < 4.78 is 11.1. The lowest BCUT2D eigenvalue weighted by Crippen LogP contribution is -2.38. The fraction of sp³-hybridized carbons (Fsp3) is 0.444. The second-order valence-corrected chi connectivity index (χ2v) is 6.48. The molecule has 1 fully saturated rings. The van der Waals surface area contributed by atoms with Crippen molar-refractivity contribution in [1.82, 2.24) is 10.1 Å². The minimum Gasteiger partial charge on any atom is -0.371 e. The summed E-state index contributed by atoms with van der Waals surface area (Å²) >= 11 is 0. The number of likely N-dealkylation sites (N-methyl/N-ethyl adjacent to an activating group) is 1. The summed E-state index contributed by atoms with van der Waals surface area (Å²) in [5.74, 6) is 1.19. The van der Waals surface area contributed by atoms with Gasteiger partial charge in [0.05, 0.1) is 12.7 Å². The summed E-state index contributed by atoms with van der Waals surface area (Å²) in [6.07, 6.45) is 3.12. The molecule has 1 atom stereocenters. The Kier molecular flexibility index (Phi) is 3.65. The third-order valence-electron chi connectivity index (χ3n) is 4.59. The van der Waals surface area contributed by atoms with E-state index in [1.165, 1.54) is 11.1 Å². The van der Waals surface area contributed by atoms with E-state index in [1.54, 1.807) is 18.0 Å². The molecule has 5 nitrogen and oxygen atoms in total. The fourth-order valence-electron chi connectivity index (χ4n) is 3.06. The van der Waals surface area contributed by atoms with E-state index in [-0.39, 0.29) is 12.0 Å². The predicted octanol–water partition coefficient (Wildman–Crippen LogP) is 2.77. The lowest BCUT2D eigenvalue weighted by atomic mass is 9.99. The third-order valence-corrected chi connectivity index (χ3v) is 4.59. The van der Waals surface area contributed by atoms with Crippen LogP contribution in [0.1, 0.15) is 46.1 Å². The van der Waals surface area contributed by atoms with Crippen LogP contribution < -0.4 is 0 Å². The van der Waals surface area contributed by atoms with Crippen LogP contribution in [-0.4, -0.2) is 35.7 Å². The molecule has 23 heavy (non-hydrogen) atoms. The van der Waals surface area contributed by atoms with Gasteiger partial charge in [-0.05, 0) is 24.0 Å². The molecule has 0 N–H and O–H groups in total. The highest BCUT2D eigenvalue weighted by Crippen LogP contribution is 2.40. The minimum atomic E-state index is -0.108. The number of carbonyl (C=O) groups excluding carboxylic acids is 1. The predicted molar refractivity (Wildman–Crippen MR) is 84.2 cm³/mol. The van der Waals surface area contributed by atoms with E-state index in [1.807, 2.05) is 12.1 Å². The molecule has 1 aromatic carbocycles. The number of carbonyl (C=O) groups is 1. The lowest BCUT2D eigenvalue weighted by Gasteiger charge is -2.28. The summed E-state index contributed by atoms with van der Waals surface area (Å²) in [5, 5.41) is 3.92. The van der Waals surface area contributed by atoms with Gasteiger partial charge in [-0.2, -0.15) is 0 Å². The van der Waals surface area contributed by atoms with E-state index in [0.29, 0.717) is 24.8 Å². The highest BCUT2D eigenvalue weighted by atomic mass is 16.5. The van der Waals surface area contributed by atoms with Gasteiger partial charge in [-0.15, -0.1) is 0 Å².